The first kappa shape index (κ1) is 18.3. The lowest BCUT2D eigenvalue weighted by Gasteiger charge is -2.11. The highest BCUT2D eigenvalue weighted by molar-refractivity contribution is 6.04. The molecule has 0 unspecified atom stereocenters. The Morgan fingerprint density at radius 1 is 0.926 bits per heavy atom. The van der Waals surface area contributed by atoms with Crippen LogP contribution in [0.2, 0.25) is 0 Å². The standard InChI is InChI=1S/C21H21N3O3/c1-14-5-4-6-16(11-14)23-20-12-15(9-10-22-20)21(25)24-17-7-8-18(26-2)19(13-17)27-3/h4-13H,1-3H3,(H,22,23)(H,24,25). The average Bonchev–Trinajstić information content (AvgIpc) is 2.68. The third-order valence-corrected chi connectivity index (χ3v) is 3.95. The van der Waals surface area contributed by atoms with Crippen molar-refractivity contribution in [2.45, 2.75) is 6.92 Å². The molecule has 138 valence electrons. The van der Waals surface area contributed by atoms with Gasteiger partial charge in [0.05, 0.1) is 14.2 Å². The summed E-state index contributed by atoms with van der Waals surface area (Å²) in [6.07, 6.45) is 1.60. The molecule has 1 amide bonds. The molecule has 2 aromatic carbocycles. The summed E-state index contributed by atoms with van der Waals surface area (Å²) in [5.74, 6) is 1.51. The van der Waals surface area contributed by atoms with E-state index in [1.165, 1.54) is 0 Å². The Balaban J connectivity index is 1.75. The molecule has 0 atom stereocenters. The Bertz CT molecular complexity index is 957. The number of carbonyl (C=O) groups excluding carboxylic acids is 1. The van der Waals surface area contributed by atoms with Crippen LogP contribution in [0.25, 0.3) is 0 Å². The number of pyridine rings is 1. The Morgan fingerprint density at radius 2 is 1.74 bits per heavy atom. The summed E-state index contributed by atoms with van der Waals surface area (Å²) in [6, 6.07) is 16.5. The van der Waals surface area contributed by atoms with Gasteiger partial charge in [-0.1, -0.05) is 12.1 Å². The van der Waals surface area contributed by atoms with Crippen molar-refractivity contribution in [3.8, 4) is 11.5 Å². The molecule has 0 spiro atoms. The first-order chi connectivity index (χ1) is 13.1. The molecule has 1 heterocycles. The smallest absolute Gasteiger partial charge is 0.255 e. The van der Waals surface area contributed by atoms with Crippen molar-refractivity contribution < 1.29 is 14.3 Å². The van der Waals surface area contributed by atoms with E-state index in [0.717, 1.165) is 11.3 Å². The van der Waals surface area contributed by atoms with Gasteiger partial charge in [-0.05, 0) is 48.9 Å². The van der Waals surface area contributed by atoms with Gasteiger partial charge >= 0.3 is 0 Å². The van der Waals surface area contributed by atoms with E-state index in [-0.39, 0.29) is 5.91 Å². The van der Waals surface area contributed by atoms with Gasteiger partial charge in [-0.25, -0.2) is 4.98 Å². The number of ether oxygens (including phenoxy) is 2. The number of anilines is 3. The van der Waals surface area contributed by atoms with Crippen molar-refractivity contribution in [3.05, 3.63) is 71.9 Å². The minimum absolute atomic E-state index is 0.239. The lowest BCUT2D eigenvalue weighted by atomic mass is 10.2. The Morgan fingerprint density at radius 3 is 2.48 bits per heavy atom. The van der Waals surface area contributed by atoms with Gasteiger partial charge in [-0.3, -0.25) is 4.79 Å². The molecule has 3 rings (SSSR count). The normalized spacial score (nSPS) is 10.2. The van der Waals surface area contributed by atoms with Gasteiger partial charge in [0.1, 0.15) is 5.82 Å². The molecule has 6 nitrogen and oxygen atoms in total. The molecule has 0 aliphatic heterocycles. The van der Waals surface area contributed by atoms with E-state index < -0.39 is 0 Å². The van der Waals surface area contributed by atoms with Crippen LogP contribution in [0.4, 0.5) is 17.2 Å². The number of hydrogen-bond acceptors (Lipinski definition) is 5. The third kappa shape index (κ3) is 4.55. The van der Waals surface area contributed by atoms with Crippen LogP contribution in [0.1, 0.15) is 15.9 Å². The highest BCUT2D eigenvalue weighted by Gasteiger charge is 2.10. The van der Waals surface area contributed by atoms with Gasteiger partial charge in [0.2, 0.25) is 0 Å². The average molecular weight is 363 g/mol. The molecule has 1 aromatic heterocycles. The maximum absolute atomic E-state index is 12.6. The van der Waals surface area contributed by atoms with Crippen LogP contribution < -0.4 is 20.1 Å². The molecular formula is C21H21N3O3. The summed E-state index contributed by atoms with van der Waals surface area (Å²) in [7, 11) is 3.12. The minimum Gasteiger partial charge on any atom is -0.493 e. The molecule has 0 radical (unpaired) electrons. The zero-order chi connectivity index (χ0) is 19.2. The Kier molecular flexibility index (Phi) is 5.56. The molecule has 0 fully saturated rings. The van der Waals surface area contributed by atoms with Gasteiger partial charge in [-0.2, -0.15) is 0 Å². The van der Waals surface area contributed by atoms with E-state index in [0.29, 0.717) is 28.6 Å². The largest absolute Gasteiger partial charge is 0.493 e. The fourth-order valence-corrected chi connectivity index (χ4v) is 2.63. The van der Waals surface area contributed by atoms with Crippen molar-refractivity contribution in [2.24, 2.45) is 0 Å². The van der Waals surface area contributed by atoms with Crippen LogP contribution in [0, 0.1) is 6.92 Å². The van der Waals surface area contributed by atoms with Gasteiger partial charge < -0.3 is 20.1 Å². The fraction of sp³-hybridized carbons (Fsp3) is 0.143. The first-order valence-electron chi connectivity index (χ1n) is 8.42. The molecule has 27 heavy (non-hydrogen) atoms. The molecular weight excluding hydrogens is 342 g/mol. The van der Waals surface area contributed by atoms with E-state index in [1.54, 1.807) is 50.7 Å². The molecule has 0 bridgehead atoms. The Hall–Kier alpha value is -3.54. The second kappa shape index (κ2) is 8.23. The number of nitrogens with one attached hydrogen (secondary N) is 2. The molecule has 0 saturated carbocycles. The number of methoxy groups -OCH3 is 2. The van der Waals surface area contributed by atoms with Crippen molar-refractivity contribution in [3.63, 3.8) is 0 Å². The topological polar surface area (TPSA) is 72.5 Å². The highest BCUT2D eigenvalue weighted by atomic mass is 16.5. The number of aryl methyl sites for hydroxylation is 1. The van der Waals surface area contributed by atoms with E-state index in [1.807, 2.05) is 31.2 Å². The number of benzene rings is 2. The molecule has 0 aliphatic rings. The molecule has 3 aromatic rings. The summed E-state index contributed by atoms with van der Waals surface area (Å²) in [5, 5.41) is 6.06. The number of rotatable bonds is 6. The maximum Gasteiger partial charge on any atom is 0.255 e. The summed E-state index contributed by atoms with van der Waals surface area (Å²) in [4.78, 5) is 16.9. The monoisotopic (exact) mass is 363 g/mol. The van der Waals surface area contributed by atoms with Gasteiger partial charge in [0.15, 0.2) is 11.5 Å². The zero-order valence-electron chi connectivity index (χ0n) is 15.4. The third-order valence-electron chi connectivity index (χ3n) is 3.95. The van der Waals surface area contributed by atoms with Crippen LogP contribution in [-0.4, -0.2) is 25.1 Å². The number of nitrogens with zero attached hydrogens (tertiary/aromatic N) is 1. The second-order valence-corrected chi connectivity index (χ2v) is 5.95. The highest BCUT2D eigenvalue weighted by Crippen LogP contribution is 2.30. The molecule has 0 aliphatic carbocycles. The van der Waals surface area contributed by atoms with Crippen LogP contribution in [-0.2, 0) is 0 Å². The molecule has 0 saturated heterocycles. The van der Waals surface area contributed by atoms with E-state index in [4.69, 9.17) is 9.47 Å². The Labute approximate surface area is 158 Å². The van der Waals surface area contributed by atoms with Crippen molar-refractivity contribution in [1.82, 2.24) is 4.98 Å². The summed E-state index contributed by atoms with van der Waals surface area (Å²) in [6.45, 7) is 2.02. The SMILES string of the molecule is COc1ccc(NC(=O)c2ccnc(Nc3cccc(C)c3)c2)cc1OC. The quantitative estimate of drug-likeness (QED) is 0.679. The zero-order valence-corrected chi connectivity index (χ0v) is 15.4. The van der Waals surface area contributed by atoms with E-state index in [9.17, 15) is 4.79 Å². The summed E-state index contributed by atoms with van der Waals surface area (Å²) >= 11 is 0. The second-order valence-electron chi connectivity index (χ2n) is 5.95. The summed E-state index contributed by atoms with van der Waals surface area (Å²) < 4.78 is 10.5. The van der Waals surface area contributed by atoms with Crippen LogP contribution in [0.15, 0.2) is 60.8 Å². The minimum atomic E-state index is -0.239. The maximum atomic E-state index is 12.6. The summed E-state index contributed by atoms with van der Waals surface area (Å²) in [5.41, 5.74) is 3.17. The fourth-order valence-electron chi connectivity index (χ4n) is 2.63. The van der Waals surface area contributed by atoms with Crippen LogP contribution in [0.3, 0.4) is 0 Å². The van der Waals surface area contributed by atoms with Crippen molar-refractivity contribution >= 4 is 23.1 Å². The number of hydrogen-bond donors (Lipinski definition) is 2. The van der Waals surface area contributed by atoms with Crippen LogP contribution >= 0.6 is 0 Å². The van der Waals surface area contributed by atoms with Crippen LogP contribution in [0.5, 0.6) is 11.5 Å². The predicted octanol–water partition coefficient (Wildman–Crippen LogP) is 4.40. The predicted molar refractivity (Wildman–Crippen MR) is 106 cm³/mol. The van der Waals surface area contributed by atoms with Gasteiger partial charge in [0.25, 0.3) is 5.91 Å². The van der Waals surface area contributed by atoms with E-state index >= 15 is 0 Å². The van der Waals surface area contributed by atoms with Crippen molar-refractivity contribution in [2.75, 3.05) is 24.9 Å². The number of aromatic nitrogens is 1. The first-order valence-corrected chi connectivity index (χ1v) is 8.42. The lowest BCUT2D eigenvalue weighted by molar-refractivity contribution is 0.102. The number of carbonyl (C=O) groups is 1. The lowest BCUT2D eigenvalue weighted by Crippen LogP contribution is -2.12. The number of amides is 1. The van der Waals surface area contributed by atoms with Crippen molar-refractivity contribution in [1.29, 1.82) is 0 Å². The van der Waals surface area contributed by atoms with E-state index in [2.05, 4.69) is 15.6 Å². The van der Waals surface area contributed by atoms with Gasteiger partial charge in [0, 0.05) is 29.2 Å². The molecule has 6 heteroatoms. The molecule has 2 N–H and O–H groups in total. The van der Waals surface area contributed by atoms with Gasteiger partial charge in [-0.15, -0.1) is 0 Å².